The van der Waals surface area contributed by atoms with Crippen LogP contribution in [0.15, 0.2) is 46.2 Å². The zero-order valence-corrected chi connectivity index (χ0v) is 13.4. The molecule has 0 heterocycles. The van der Waals surface area contributed by atoms with Crippen molar-refractivity contribution in [3.63, 3.8) is 0 Å². The van der Waals surface area contributed by atoms with Gasteiger partial charge in [0.2, 0.25) is 0 Å². The molecular weight excluding hydrogens is 308 g/mol. The second-order valence-electron chi connectivity index (χ2n) is 8.09. The van der Waals surface area contributed by atoms with Crippen LogP contribution in [-0.4, -0.2) is 14.2 Å². The van der Waals surface area contributed by atoms with Crippen LogP contribution in [0, 0.1) is 47.3 Å². The number of hydrogen-bond acceptors (Lipinski definition) is 3. The predicted octanol–water partition coefficient (Wildman–Crippen LogP) is 2.69. The number of carbonyl (C=O) groups is 1. The van der Waals surface area contributed by atoms with Crippen molar-refractivity contribution in [1.29, 1.82) is 0 Å². The summed E-state index contributed by atoms with van der Waals surface area (Å²) >= 11 is 0. The van der Waals surface area contributed by atoms with Crippen LogP contribution < -0.4 is 0 Å². The number of sulfone groups is 1. The molecule has 23 heavy (non-hydrogen) atoms. The maximum Gasteiger partial charge on any atom is 0.199 e. The fourth-order valence-corrected chi connectivity index (χ4v) is 8.49. The highest BCUT2D eigenvalue weighted by Gasteiger charge is 2.78. The summed E-state index contributed by atoms with van der Waals surface area (Å²) in [5, 5.41) is 1.59. The highest BCUT2D eigenvalue weighted by molar-refractivity contribution is 7.94. The number of rotatable bonds is 2. The van der Waals surface area contributed by atoms with Gasteiger partial charge >= 0.3 is 0 Å². The standard InChI is InChI=1S/C19H18O3S/c20-19-12-6-10-14(8-23(21,22)9-4-2-1-3-5-9)11-7-13(19)18-16(11)15(10)17(12)18/h1-5,8,10-13,15-18H,6-7H2/t10-,11+,12-,13-,15-,16+,17+,18+/m1/s1. The Hall–Kier alpha value is -1.42. The van der Waals surface area contributed by atoms with E-state index in [1.165, 1.54) is 0 Å². The zero-order chi connectivity index (χ0) is 15.5. The second kappa shape index (κ2) is 3.80. The maximum atomic E-state index is 12.8. The van der Waals surface area contributed by atoms with Gasteiger partial charge in [0.05, 0.1) is 4.90 Å². The lowest BCUT2D eigenvalue weighted by Gasteiger charge is -2.43. The van der Waals surface area contributed by atoms with Crippen LogP contribution in [0.2, 0.25) is 0 Å². The van der Waals surface area contributed by atoms with E-state index < -0.39 is 9.84 Å². The van der Waals surface area contributed by atoms with Gasteiger partial charge in [-0.15, -0.1) is 0 Å². The second-order valence-corrected chi connectivity index (χ2v) is 9.88. The highest BCUT2D eigenvalue weighted by Crippen LogP contribution is 2.80. The molecule has 5 saturated carbocycles. The summed E-state index contributed by atoms with van der Waals surface area (Å²) in [5.41, 5.74) is 1.16. The lowest BCUT2D eigenvalue weighted by Crippen LogP contribution is -2.41. The monoisotopic (exact) mass is 326 g/mol. The lowest BCUT2D eigenvalue weighted by atomic mass is 9.60. The van der Waals surface area contributed by atoms with Crippen LogP contribution in [0.5, 0.6) is 0 Å². The van der Waals surface area contributed by atoms with Gasteiger partial charge in [0.15, 0.2) is 9.84 Å². The van der Waals surface area contributed by atoms with Gasteiger partial charge in [-0.1, -0.05) is 23.8 Å². The van der Waals surface area contributed by atoms with Gasteiger partial charge in [-0.25, -0.2) is 8.42 Å². The van der Waals surface area contributed by atoms with E-state index in [4.69, 9.17) is 0 Å². The molecule has 4 heteroatoms. The van der Waals surface area contributed by atoms with Crippen molar-refractivity contribution in [3.8, 4) is 0 Å². The van der Waals surface area contributed by atoms with Crippen molar-refractivity contribution in [2.24, 2.45) is 47.3 Å². The van der Waals surface area contributed by atoms with Crippen LogP contribution in [0.3, 0.4) is 0 Å². The lowest BCUT2D eigenvalue weighted by molar-refractivity contribution is -0.124. The Labute approximate surface area is 135 Å². The fourth-order valence-electron chi connectivity index (χ4n) is 7.11. The minimum absolute atomic E-state index is 0.250. The number of carbonyl (C=O) groups excluding carboxylic acids is 1. The Kier molecular flexibility index (Phi) is 2.14. The molecule has 0 unspecified atom stereocenters. The molecule has 0 aliphatic heterocycles. The quantitative estimate of drug-likeness (QED) is 0.839. The average molecular weight is 326 g/mol. The van der Waals surface area contributed by atoms with E-state index >= 15 is 0 Å². The van der Waals surface area contributed by atoms with Crippen LogP contribution in [-0.2, 0) is 14.6 Å². The van der Waals surface area contributed by atoms with E-state index in [0.717, 1.165) is 18.4 Å². The van der Waals surface area contributed by atoms with Gasteiger partial charge < -0.3 is 0 Å². The van der Waals surface area contributed by atoms with Crippen molar-refractivity contribution in [2.45, 2.75) is 17.7 Å². The third-order valence-corrected chi connectivity index (χ3v) is 9.11. The zero-order valence-electron chi connectivity index (χ0n) is 12.6. The molecule has 5 aliphatic rings. The van der Waals surface area contributed by atoms with E-state index in [2.05, 4.69) is 0 Å². The van der Waals surface area contributed by atoms with Gasteiger partial charge in [0, 0.05) is 17.2 Å². The first kappa shape index (κ1) is 12.9. The molecule has 0 amide bonds. The smallest absolute Gasteiger partial charge is 0.199 e. The Balaban J connectivity index is 1.47. The molecule has 5 aliphatic carbocycles. The van der Waals surface area contributed by atoms with Gasteiger partial charge in [0.25, 0.3) is 0 Å². The van der Waals surface area contributed by atoms with Crippen LogP contribution in [0.1, 0.15) is 12.8 Å². The van der Waals surface area contributed by atoms with Crippen LogP contribution in [0.4, 0.5) is 0 Å². The van der Waals surface area contributed by atoms with E-state index in [1.54, 1.807) is 29.7 Å². The highest BCUT2D eigenvalue weighted by atomic mass is 32.2. The Morgan fingerprint density at radius 3 is 1.91 bits per heavy atom. The van der Waals surface area contributed by atoms with Crippen LogP contribution in [0.25, 0.3) is 0 Å². The summed E-state index contributed by atoms with van der Waals surface area (Å²) in [7, 11) is -3.37. The number of Topliss-reactive ketones (excluding diaryl/α,β-unsaturated/α-hetero) is 1. The van der Waals surface area contributed by atoms with Crippen molar-refractivity contribution >= 4 is 15.6 Å². The summed E-state index contributed by atoms with van der Waals surface area (Å²) in [6.45, 7) is 0. The molecule has 1 aromatic carbocycles. The van der Waals surface area contributed by atoms with E-state index in [-0.39, 0.29) is 11.8 Å². The molecule has 0 bridgehead atoms. The number of ketones is 1. The molecule has 8 atom stereocenters. The van der Waals surface area contributed by atoms with Gasteiger partial charge in [-0.3, -0.25) is 4.79 Å². The molecular formula is C19H18O3S. The minimum atomic E-state index is -3.37. The van der Waals surface area contributed by atoms with Gasteiger partial charge in [-0.05, 0) is 60.5 Å². The molecule has 3 nitrogen and oxygen atoms in total. The molecule has 0 N–H and O–H groups in total. The van der Waals surface area contributed by atoms with Crippen LogP contribution >= 0.6 is 0 Å². The number of benzene rings is 1. The molecule has 118 valence electrons. The average Bonchev–Trinajstić information content (AvgIpc) is 3.14. The first-order chi connectivity index (χ1) is 11.1. The molecule has 0 spiro atoms. The van der Waals surface area contributed by atoms with Gasteiger partial charge in [0.1, 0.15) is 5.78 Å². The summed E-state index contributed by atoms with van der Waals surface area (Å²) in [6, 6.07) is 8.73. The normalized spacial score (nSPS) is 49.9. The van der Waals surface area contributed by atoms with E-state index in [1.807, 2.05) is 6.07 Å². The maximum absolute atomic E-state index is 12.8. The predicted molar refractivity (Wildman–Crippen MR) is 83.9 cm³/mol. The molecule has 6 rings (SSSR count). The third kappa shape index (κ3) is 1.31. The Morgan fingerprint density at radius 1 is 0.826 bits per heavy atom. The van der Waals surface area contributed by atoms with E-state index in [0.29, 0.717) is 46.2 Å². The largest absolute Gasteiger partial charge is 0.299 e. The first-order valence-electron chi connectivity index (χ1n) is 8.63. The topological polar surface area (TPSA) is 51.2 Å². The summed E-state index contributed by atoms with van der Waals surface area (Å²) in [6.07, 6.45) is 1.84. The molecule has 1 aromatic rings. The van der Waals surface area contributed by atoms with E-state index in [9.17, 15) is 13.2 Å². The molecule has 0 radical (unpaired) electrons. The van der Waals surface area contributed by atoms with Crippen molar-refractivity contribution in [2.75, 3.05) is 0 Å². The van der Waals surface area contributed by atoms with Gasteiger partial charge in [-0.2, -0.15) is 0 Å². The van der Waals surface area contributed by atoms with Crippen molar-refractivity contribution in [1.82, 2.24) is 0 Å². The van der Waals surface area contributed by atoms with Crippen molar-refractivity contribution < 1.29 is 13.2 Å². The number of allylic oxidation sites excluding steroid dienone is 1. The Morgan fingerprint density at radius 2 is 1.35 bits per heavy atom. The minimum Gasteiger partial charge on any atom is -0.299 e. The molecule has 5 fully saturated rings. The summed E-state index contributed by atoms with van der Waals surface area (Å²) in [4.78, 5) is 12.9. The fraction of sp³-hybridized carbons (Fsp3) is 0.526. The summed E-state index contributed by atoms with van der Waals surface area (Å²) < 4.78 is 25.6. The third-order valence-electron chi connectivity index (χ3n) is 7.60. The number of hydrogen-bond donors (Lipinski definition) is 0. The SMILES string of the molecule is O=C1[C@@H]2C[C@H]3C(=CS(=O)(=O)c4ccccc4)[C@H]4C[C@@H]1[C@H]1[C@H]4[C@H]3[C@@H]12. The van der Waals surface area contributed by atoms with Crippen molar-refractivity contribution in [3.05, 3.63) is 41.3 Å². The first-order valence-corrected chi connectivity index (χ1v) is 10.2. The molecule has 0 saturated heterocycles. The molecule has 0 aromatic heterocycles. The summed E-state index contributed by atoms with van der Waals surface area (Å²) in [5.74, 6) is 4.16. The Bertz CT molecular complexity index is 835.